The van der Waals surface area contributed by atoms with Gasteiger partial charge in [-0.05, 0) is 6.42 Å². The lowest BCUT2D eigenvalue weighted by Gasteiger charge is -2.08. The number of ketones is 1. The van der Waals surface area contributed by atoms with E-state index in [-0.39, 0.29) is 11.9 Å². The Balaban J connectivity index is 3.76. The SMILES string of the molecule is C=CCC(=O)C(CC)OC. The van der Waals surface area contributed by atoms with E-state index in [0.717, 1.165) is 6.42 Å². The Morgan fingerprint density at radius 1 is 1.80 bits per heavy atom. The maximum absolute atomic E-state index is 11.0. The van der Waals surface area contributed by atoms with Gasteiger partial charge in [-0.1, -0.05) is 13.0 Å². The molecule has 0 saturated carbocycles. The van der Waals surface area contributed by atoms with E-state index in [2.05, 4.69) is 6.58 Å². The summed E-state index contributed by atoms with van der Waals surface area (Å²) in [6.45, 7) is 5.40. The van der Waals surface area contributed by atoms with E-state index >= 15 is 0 Å². The Kier molecular flexibility index (Phi) is 4.85. The predicted octanol–water partition coefficient (Wildman–Crippen LogP) is 1.56. The topological polar surface area (TPSA) is 26.3 Å². The highest BCUT2D eigenvalue weighted by molar-refractivity contribution is 5.84. The van der Waals surface area contributed by atoms with Gasteiger partial charge in [-0.15, -0.1) is 6.58 Å². The van der Waals surface area contributed by atoms with E-state index in [1.165, 1.54) is 0 Å². The van der Waals surface area contributed by atoms with Crippen molar-refractivity contribution in [1.29, 1.82) is 0 Å². The highest BCUT2D eigenvalue weighted by atomic mass is 16.5. The van der Waals surface area contributed by atoms with E-state index < -0.39 is 0 Å². The first-order valence-corrected chi connectivity index (χ1v) is 3.42. The second-order valence-corrected chi connectivity index (χ2v) is 2.09. The first-order chi connectivity index (χ1) is 4.76. The summed E-state index contributed by atoms with van der Waals surface area (Å²) in [7, 11) is 1.55. The molecule has 0 aromatic carbocycles. The Labute approximate surface area is 61.9 Å². The molecule has 0 bridgehead atoms. The molecule has 0 aliphatic rings. The first-order valence-electron chi connectivity index (χ1n) is 3.42. The summed E-state index contributed by atoms with van der Waals surface area (Å²) >= 11 is 0. The average molecular weight is 142 g/mol. The minimum Gasteiger partial charge on any atom is -0.374 e. The lowest BCUT2D eigenvalue weighted by molar-refractivity contribution is -0.128. The third-order valence-electron chi connectivity index (χ3n) is 1.36. The average Bonchev–Trinajstić information content (AvgIpc) is 1.91. The summed E-state index contributed by atoms with van der Waals surface area (Å²) in [4.78, 5) is 11.0. The van der Waals surface area contributed by atoms with E-state index in [1.54, 1.807) is 13.2 Å². The van der Waals surface area contributed by atoms with Gasteiger partial charge in [-0.3, -0.25) is 4.79 Å². The zero-order valence-electron chi connectivity index (χ0n) is 6.59. The smallest absolute Gasteiger partial charge is 0.165 e. The Morgan fingerprint density at radius 2 is 2.40 bits per heavy atom. The number of carbonyl (C=O) groups is 1. The fraction of sp³-hybridized carbons (Fsp3) is 0.625. The van der Waals surface area contributed by atoms with Gasteiger partial charge in [0.05, 0.1) is 0 Å². The van der Waals surface area contributed by atoms with Crippen molar-refractivity contribution >= 4 is 5.78 Å². The molecule has 0 amide bonds. The highest BCUT2D eigenvalue weighted by Crippen LogP contribution is 2.00. The lowest BCUT2D eigenvalue weighted by Crippen LogP contribution is -2.20. The van der Waals surface area contributed by atoms with Crippen LogP contribution in [0.1, 0.15) is 19.8 Å². The van der Waals surface area contributed by atoms with E-state index in [1.807, 2.05) is 6.92 Å². The van der Waals surface area contributed by atoms with Crippen molar-refractivity contribution in [3.8, 4) is 0 Å². The minimum absolute atomic E-state index is 0.111. The molecule has 0 N–H and O–H groups in total. The summed E-state index contributed by atoms with van der Waals surface area (Å²) in [5.74, 6) is 0.111. The molecule has 0 aromatic rings. The van der Waals surface area contributed by atoms with Gasteiger partial charge in [0.2, 0.25) is 0 Å². The van der Waals surface area contributed by atoms with Gasteiger partial charge in [0.25, 0.3) is 0 Å². The molecule has 2 nitrogen and oxygen atoms in total. The number of methoxy groups -OCH3 is 1. The fourth-order valence-corrected chi connectivity index (χ4v) is 0.799. The molecular weight excluding hydrogens is 128 g/mol. The van der Waals surface area contributed by atoms with Crippen LogP contribution in [0.25, 0.3) is 0 Å². The molecule has 0 fully saturated rings. The second-order valence-electron chi connectivity index (χ2n) is 2.09. The summed E-state index contributed by atoms with van der Waals surface area (Å²) in [5, 5.41) is 0. The maximum atomic E-state index is 11.0. The van der Waals surface area contributed by atoms with Crippen LogP contribution >= 0.6 is 0 Å². The Hall–Kier alpha value is -0.630. The zero-order valence-corrected chi connectivity index (χ0v) is 6.59. The predicted molar refractivity (Wildman–Crippen MR) is 40.9 cm³/mol. The van der Waals surface area contributed by atoms with Gasteiger partial charge in [0.1, 0.15) is 6.10 Å². The van der Waals surface area contributed by atoms with Crippen LogP contribution in [0.4, 0.5) is 0 Å². The summed E-state index contributed by atoms with van der Waals surface area (Å²) in [6.07, 6.45) is 2.51. The van der Waals surface area contributed by atoms with Crippen LogP contribution in [-0.4, -0.2) is 19.0 Å². The standard InChI is InChI=1S/C8H14O2/c1-4-6-7(9)8(5-2)10-3/h4,8H,1,5-6H2,2-3H3. The molecule has 0 saturated heterocycles. The van der Waals surface area contributed by atoms with Crippen molar-refractivity contribution in [1.82, 2.24) is 0 Å². The number of carbonyl (C=O) groups excluding carboxylic acids is 1. The number of rotatable bonds is 5. The quantitative estimate of drug-likeness (QED) is 0.544. The molecule has 0 aliphatic heterocycles. The van der Waals surface area contributed by atoms with Crippen LogP contribution in [0.5, 0.6) is 0 Å². The van der Waals surface area contributed by atoms with Gasteiger partial charge in [-0.25, -0.2) is 0 Å². The lowest BCUT2D eigenvalue weighted by atomic mass is 10.1. The van der Waals surface area contributed by atoms with Crippen molar-refractivity contribution in [2.45, 2.75) is 25.9 Å². The molecular formula is C8H14O2. The third-order valence-corrected chi connectivity index (χ3v) is 1.36. The molecule has 0 rings (SSSR count). The number of Topliss-reactive ketones (excluding diaryl/α,β-unsaturated/α-hetero) is 1. The number of allylic oxidation sites excluding steroid dienone is 1. The molecule has 0 heterocycles. The third kappa shape index (κ3) is 2.78. The fourth-order valence-electron chi connectivity index (χ4n) is 0.799. The van der Waals surface area contributed by atoms with E-state index in [0.29, 0.717) is 6.42 Å². The molecule has 0 radical (unpaired) electrons. The molecule has 58 valence electrons. The van der Waals surface area contributed by atoms with Crippen LogP contribution in [0, 0.1) is 0 Å². The Morgan fingerprint density at radius 3 is 2.70 bits per heavy atom. The van der Waals surface area contributed by atoms with Crippen LogP contribution in [0.2, 0.25) is 0 Å². The van der Waals surface area contributed by atoms with Crippen LogP contribution in [0.3, 0.4) is 0 Å². The minimum atomic E-state index is -0.238. The molecule has 10 heavy (non-hydrogen) atoms. The van der Waals surface area contributed by atoms with Crippen molar-refractivity contribution < 1.29 is 9.53 Å². The van der Waals surface area contributed by atoms with E-state index in [4.69, 9.17) is 4.74 Å². The molecule has 0 aromatic heterocycles. The maximum Gasteiger partial charge on any atom is 0.165 e. The van der Waals surface area contributed by atoms with Gasteiger partial charge in [0.15, 0.2) is 5.78 Å². The first kappa shape index (κ1) is 9.37. The summed E-state index contributed by atoms with van der Waals surface area (Å²) < 4.78 is 4.92. The summed E-state index contributed by atoms with van der Waals surface area (Å²) in [5.41, 5.74) is 0. The van der Waals surface area contributed by atoms with Crippen molar-refractivity contribution in [3.63, 3.8) is 0 Å². The monoisotopic (exact) mass is 142 g/mol. The Bertz CT molecular complexity index is 114. The molecule has 1 atom stereocenters. The van der Waals surface area contributed by atoms with Gasteiger partial charge in [-0.2, -0.15) is 0 Å². The molecule has 0 spiro atoms. The highest BCUT2D eigenvalue weighted by Gasteiger charge is 2.12. The normalized spacial score (nSPS) is 12.6. The molecule has 2 heteroatoms. The van der Waals surface area contributed by atoms with Gasteiger partial charge >= 0.3 is 0 Å². The number of ether oxygens (including phenoxy) is 1. The number of hydrogen-bond acceptors (Lipinski definition) is 2. The van der Waals surface area contributed by atoms with Crippen LogP contribution < -0.4 is 0 Å². The van der Waals surface area contributed by atoms with Crippen molar-refractivity contribution in [2.75, 3.05) is 7.11 Å². The second kappa shape index (κ2) is 5.18. The summed E-state index contributed by atoms with van der Waals surface area (Å²) in [6, 6.07) is 0. The molecule has 0 aliphatic carbocycles. The van der Waals surface area contributed by atoms with E-state index in [9.17, 15) is 4.79 Å². The van der Waals surface area contributed by atoms with Gasteiger partial charge in [0, 0.05) is 13.5 Å². The molecule has 1 unspecified atom stereocenters. The van der Waals surface area contributed by atoms with Crippen LogP contribution in [0.15, 0.2) is 12.7 Å². The number of hydrogen-bond donors (Lipinski definition) is 0. The van der Waals surface area contributed by atoms with Gasteiger partial charge < -0.3 is 4.74 Å². The largest absolute Gasteiger partial charge is 0.374 e. The van der Waals surface area contributed by atoms with Crippen LogP contribution in [-0.2, 0) is 9.53 Å². The zero-order chi connectivity index (χ0) is 7.98. The van der Waals surface area contributed by atoms with Crippen molar-refractivity contribution in [3.05, 3.63) is 12.7 Å². The van der Waals surface area contributed by atoms with Crippen molar-refractivity contribution in [2.24, 2.45) is 0 Å².